The molecular weight excluding hydrogens is 603 g/mol. The van der Waals surface area contributed by atoms with Crippen molar-refractivity contribution >= 4 is 29.7 Å². The summed E-state index contributed by atoms with van der Waals surface area (Å²) < 4.78 is 44.4. The van der Waals surface area contributed by atoms with Crippen molar-refractivity contribution in [2.24, 2.45) is 5.92 Å². The first-order valence-corrected chi connectivity index (χ1v) is 14.7. The third kappa shape index (κ3) is 11.5. The number of benzene rings is 3. The standard InChI is InChI=1S/C34H36F3N3O6/c1-22(2)20-27(38-29(41)26(40-33(45)34(35,36)37)19-18-23-12-6-3-7-13-23)30(42)39-28(21-24-14-8-4-9-15-24)32(44)46-31(43)25-16-10-5-11-17-25/h3-17,22,26-28H,18-21H2,1-2H3,(H,38,41)(H,39,42)(H,40,45)/t26-,27?,28-/m0/s1. The zero-order chi connectivity index (χ0) is 33.7. The molecule has 3 amide bonds. The van der Waals surface area contributed by atoms with Gasteiger partial charge in [0.15, 0.2) is 0 Å². The van der Waals surface area contributed by atoms with Crippen LogP contribution in [0.25, 0.3) is 0 Å². The molecule has 1 unspecified atom stereocenters. The first-order valence-electron chi connectivity index (χ1n) is 14.7. The van der Waals surface area contributed by atoms with E-state index in [2.05, 4.69) is 10.6 Å². The lowest BCUT2D eigenvalue weighted by molar-refractivity contribution is -0.174. The third-order valence-electron chi connectivity index (χ3n) is 6.87. The number of esters is 2. The fourth-order valence-corrected chi connectivity index (χ4v) is 4.55. The van der Waals surface area contributed by atoms with Crippen LogP contribution < -0.4 is 16.0 Å². The summed E-state index contributed by atoms with van der Waals surface area (Å²) in [5.74, 6) is -6.26. The van der Waals surface area contributed by atoms with Gasteiger partial charge in [0, 0.05) is 6.42 Å². The predicted molar refractivity (Wildman–Crippen MR) is 163 cm³/mol. The highest BCUT2D eigenvalue weighted by Gasteiger charge is 2.41. The molecule has 0 radical (unpaired) electrons. The molecule has 3 aromatic carbocycles. The molecule has 0 aliphatic heterocycles. The average molecular weight is 640 g/mol. The zero-order valence-electron chi connectivity index (χ0n) is 25.4. The molecule has 0 aliphatic carbocycles. The molecule has 3 atom stereocenters. The molecule has 3 N–H and O–H groups in total. The van der Waals surface area contributed by atoms with Crippen LogP contribution in [-0.2, 0) is 36.8 Å². The number of halogens is 3. The van der Waals surface area contributed by atoms with Crippen molar-refractivity contribution in [1.82, 2.24) is 16.0 Å². The van der Waals surface area contributed by atoms with Gasteiger partial charge in [-0.1, -0.05) is 92.7 Å². The van der Waals surface area contributed by atoms with E-state index in [0.29, 0.717) is 5.56 Å². The van der Waals surface area contributed by atoms with Gasteiger partial charge in [-0.25, -0.2) is 9.59 Å². The summed E-state index contributed by atoms with van der Waals surface area (Å²) in [6.07, 6.45) is -5.26. The van der Waals surface area contributed by atoms with E-state index < -0.39 is 54.0 Å². The normalized spacial score (nSPS) is 13.2. The minimum Gasteiger partial charge on any atom is -0.388 e. The maximum Gasteiger partial charge on any atom is 0.471 e. The molecular formula is C34H36F3N3O6. The molecule has 0 fully saturated rings. The second-order valence-corrected chi connectivity index (χ2v) is 11.1. The smallest absolute Gasteiger partial charge is 0.388 e. The molecule has 9 nitrogen and oxygen atoms in total. The van der Waals surface area contributed by atoms with Crippen LogP contribution in [-0.4, -0.2) is 54.0 Å². The van der Waals surface area contributed by atoms with Crippen LogP contribution in [0.1, 0.15) is 48.2 Å². The van der Waals surface area contributed by atoms with E-state index in [4.69, 9.17) is 4.74 Å². The Kier molecular flexibility index (Phi) is 13.0. The zero-order valence-corrected chi connectivity index (χ0v) is 25.4. The molecule has 0 aliphatic rings. The Morgan fingerprint density at radius 1 is 0.674 bits per heavy atom. The van der Waals surface area contributed by atoms with Crippen LogP contribution in [0, 0.1) is 5.92 Å². The molecule has 0 aromatic heterocycles. The van der Waals surface area contributed by atoms with E-state index in [1.165, 1.54) is 12.1 Å². The van der Waals surface area contributed by atoms with Crippen molar-refractivity contribution in [1.29, 1.82) is 0 Å². The number of amides is 3. The Morgan fingerprint density at radius 3 is 1.72 bits per heavy atom. The molecule has 244 valence electrons. The van der Waals surface area contributed by atoms with Gasteiger partial charge in [0.2, 0.25) is 11.8 Å². The Balaban J connectivity index is 1.81. The largest absolute Gasteiger partial charge is 0.471 e. The van der Waals surface area contributed by atoms with E-state index >= 15 is 0 Å². The lowest BCUT2D eigenvalue weighted by Gasteiger charge is -2.26. The van der Waals surface area contributed by atoms with Gasteiger partial charge in [0.05, 0.1) is 5.56 Å². The van der Waals surface area contributed by atoms with E-state index in [9.17, 15) is 37.1 Å². The second kappa shape index (κ2) is 16.9. The number of ether oxygens (including phenoxy) is 1. The number of carbonyl (C=O) groups is 5. The summed E-state index contributed by atoms with van der Waals surface area (Å²) >= 11 is 0. The lowest BCUT2D eigenvalue weighted by atomic mass is 10.00. The molecule has 0 saturated heterocycles. The topological polar surface area (TPSA) is 131 Å². The fraction of sp³-hybridized carbons (Fsp3) is 0.324. The van der Waals surface area contributed by atoms with Crippen LogP contribution in [0.4, 0.5) is 13.2 Å². The van der Waals surface area contributed by atoms with Crippen LogP contribution in [0.15, 0.2) is 91.0 Å². The van der Waals surface area contributed by atoms with Gasteiger partial charge in [0.1, 0.15) is 18.1 Å². The van der Waals surface area contributed by atoms with Crippen LogP contribution >= 0.6 is 0 Å². The maximum atomic E-state index is 13.6. The summed E-state index contributed by atoms with van der Waals surface area (Å²) in [5, 5.41) is 6.75. The molecule has 46 heavy (non-hydrogen) atoms. The van der Waals surface area contributed by atoms with Crippen LogP contribution in [0.2, 0.25) is 0 Å². The maximum absolute atomic E-state index is 13.6. The molecule has 3 rings (SSSR count). The SMILES string of the molecule is CC(C)CC(NC(=O)[C@H](CCc1ccccc1)NC(=O)C(F)(F)F)C(=O)N[C@@H](Cc1ccccc1)C(=O)OC(=O)c1ccccc1. The van der Waals surface area contributed by atoms with Crippen LogP contribution in [0.3, 0.4) is 0 Å². The second-order valence-electron chi connectivity index (χ2n) is 11.1. The number of aryl methyl sites for hydroxylation is 1. The van der Waals surface area contributed by atoms with Gasteiger partial charge in [-0.2, -0.15) is 13.2 Å². The highest BCUT2D eigenvalue weighted by atomic mass is 19.4. The van der Waals surface area contributed by atoms with Crippen LogP contribution in [0.5, 0.6) is 0 Å². The Labute approximate surface area is 264 Å². The van der Waals surface area contributed by atoms with Gasteiger partial charge in [-0.15, -0.1) is 0 Å². The lowest BCUT2D eigenvalue weighted by Crippen LogP contribution is -2.57. The summed E-state index contributed by atoms with van der Waals surface area (Å²) in [5.41, 5.74) is 1.48. The molecule has 0 bridgehead atoms. The Bertz CT molecular complexity index is 1470. The molecule has 0 heterocycles. The van der Waals surface area contributed by atoms with Gasteiger partial charge in [0.25, 0.3) is 0 Å². The molecule has 0 saturated carbocycles. The number of alkyl halides is 3. The predicted octanol–water partition coefficient (Wildman–Crippen LogP) is 4.31. The van der Waals surface area contributed by atoms with Crippen molar-refractivity contribution in [3.05, 3.63) is 108 Å². The molecule has 0 spiro atoms. The minimum absolute atomic E-state index is 0.0479. The highest BCUT2D eigenvalue weighted by molar-refractivity contribution is 6.00. The van der Waals surface area contributed by atoms with E-state index in [-0.39, 0.29) is 37.2 Å². The summed E-state index contributed by atoms with van der Waals surface area (Å²) in [4.78, 5) is 64.5. The van der Waals surface area contributed by atoms with Gasteiger partial charge < -0.3 is 20.7 Å². The van der Waals surface area contributed by atoms with Crippen molar-refractivity contribution in [3.8, 4) is 0 Å². The van der Waals surface area contributed by atoms with E-state index in [1.54, 1.807) is 98.0 Å². The fourth-order valence-electron chi connectivity index (χ4n) is 4.55. The summed E-state index contributed by atoms with van der Waals surface area (Å²) in [6, 6.07) is 20.8. The number of carbonyl (C=O) groups excluding carboxylic acids is 5. The molecule has 12 heteroatoms. The number of hydrogen-bond donors (Lipinski definition) is 3. The quantitative estimate of drug-likeness (QED) is 0.178. The van der Waals surface area contributed by atoms with Crippen molar-refractivity contribution in [2.45, 2.75) is 63.8 Å². The van der Waals surface area contributed by atoms with Gasteiger partial charge in [-0.05, 0) is 48.4 Å². The minimum atomic E-state index is -5.23. The number of nitrogens with one attached hydrogen (secondary N) is 3. The Hall–Kier alpha value is -5.00. The third-order valence-corrected chi connectivity index (χ3v) is 6.87. The monoisotopic (exact) mass is 639 g/mol. The number of hydrogen-bond acceptors (Lipinski definition) is 6. The van der Waals surface area contributed by atoms with Gasteiger partial charge >= 0.3 is 24.0 Å². The van der Waals surface area contributed by atoms with E-state index in [0.717, 1.165) is 5.56 Å². The first kappa shape index (κ1) is 35.5. The van der Waals surface area contributed by atoms with Crippen molar-refractivity contribution < 1.29 is 41.9 Å². The van der Waals surface area contributed by atoms with Crippen molar-refractivity contribution in [2.75, 3.05) is 0 Å². The Morgan fingerprint density at radius 2 is 1.17 bits per heavy atom. The molecule has 3 aromatic rings. The summed E-state index contributed by atoms with van der Waals surface area (Å²) in [7, 11) is 0. The van der Waals surface area contributed by atoms with Gasteiger partial charge in [-0.3, -0.25) is 14.4 Å². The average Bonchev–Trinajstić information content (AvgIpc) is 3.02. The highest BCUT2D eigenvalue weighted by Crippen LogP contribution is 2.16. The van der Waals surface area contributed by atoms with Crippen molar-refractivity contribution in [3.63, 3.8) is 0 Å². The summed E-state index contributed by atoms with van der Waals surface area (Å²) in [6.45, 7) is 3.53. The van der Waals surface area contributed by atoms with E-state index in [1.807, 2.05) is 0 Å². The number of rotatable bonds is 14. The first-order chi connectivity index (χ1) is 21.8.